The first-order valence-corrected chi connectivity index (χ1v) is 6.93. The minimum Gasteiger partial charge on any atom is -0.372 e. The van der Waals surface area contributed by atoms with Crippen LogP contribution in [0.2, 0.25) is 0 Å². The Labute approximate surface area is 113 Å². The van der Waals surface area contributed by atoms with Gasteiger partial charge in [-0.05, 0) is 42.1 Å². The molecule has 2 aliphatic rings. The number of fused-ring (bicyclic) bond motifs is 1. The number of rotatable bonds is 2. The summed E-state index contributed by atoms with van der Waals surface area (Å²) in [5, 5.41) is 6.46. The van der Waals surface area contributed by atoms with Gasteiger partial charge < -0.3 is 15.4 Å². The fraction of sp³-hybridized carbons (Fsp3) is 0.533. The van der Waals surface area contributed by atoms with Gasteiger partial charge in [0.05, 0.1) is 13.2 Å². The number of hydrogen-bond acceptors (Lipinski definition) is 3. The van der Waals surface area contributed by atoms with Crippen molar-refractivity contribution in [1.29, 1.82) is 0 Å². The van der Waals surface area contributed by atoms with Crippen molar-refractivity contribution < 1.29 is 9.53 Å². The van der Waals surface area contributed by atoms with Crippen LogP contribution < -0.4 is 10.6 Å². The predicted octanol–water partition coefficient (Wildman–Crippen LogP) is 1.44. The summed E-state index contributed by atoms with van der Waals surface area (Å²) in [6, 6.07) is 6.08. The van der Waals surface area contributed by atoms with E-state index in [1.165, 1.54) is 5.56 Å². The summed E-state index contributed by atoms with van der Waals surface area (Å²) in [7, 11) is 0. The highest BCUT2D eigenvalue weighted by Crippen LogP contribution is 2.21. The average molecular weight is 260 g/mol. The van der Waals surface area contributed by atoms with Crippen LogP contribution in [-0.4, -0.2) is 25.0 Å². The molecule has 0 bridgehead atoms. The third-order valence-corrected chi connectivity index (χ3v) is 3.89. The van der Waals surface area contributed by atoms with Crippen LogP contribution in [-0.2, 0) is 18.0 Å². The van der Waals surface area contributed by atoms with Crippen LogP contribution in [0.3, 0.4) is 0 Å². The van der Waals surface area contributed by atoms with Crippen LogP contribution >= 0.6 is 0 Å². The molecule has 2 atom stereocenters. The molecular weight excluding hydrogens is 240 g/mol. The van der Waals surface area contributed by atoms with E-state index in [4.69, 9.17) is 4.74 Å². The summed E-state index contributed by atoms with van der Waals surface area (Å²) in [5.41, 5.74) is 3.08. The lowest BCUT2D eigenvalue weighted by Gasteiger charge is -2.28. The van der Waals surface area contributed by atoms with E-state index in [1.807, 2.05) is 18.2 Å². The molecule has 1 amide bonds. The lowest BCUT2D eigenvalue weighted by Crippen LogP contribution is -2.48. The first-order valence-electron chi connectivity index (χ1n) is 6.93. The van der Waals surface area contributed by atoms with Gasteiger partial charge in [-0.2, -0.15) is 0 Å². The highest BCUT2D eigenvalue weighted by atomic mass is 16.5. The van der Waals surface area contributed by atoms with Crippen molar-refractivity contribution in [3.05, 3.63) is 34.9 Å². The molecular formula is C15H20N2O2. The quantitative estimate of drug-likeness (QED) is 0.846. The van der Waals surface area contributed by atoms with E-state index in [2.05, 4.69) is 17.6 Å². The van der Waals surface area contributed by atoms with Gasteiger partial charge in [0, 0.05) is 18.2 Å². The minimum absolute atomic E-state index is 0.0237. The van der Waals surface area contributed by atoms with Gasteiger partial charge in [0.15, 0.2) is 0 Å². The third-order valence-electron chi connectivity index (χ3n) is 3.89. The molecule has 0 spiro atoms. The summed E-state index contributed by atoms with van der Waals surface area (Å²) in [6.07, 6.45) is 1.05. The smallest absolute Gasteiger partial charge is 0.251 e. The SMILES string of the molecule is CC1CNCC(NC(=O)c2ccc3c(c2)COC3)C1. The monoisotopic (exact) mass is 260 g/mol. The Hall–Kier alpha value is -1.39. The van der Waals surface area contributed by atoms with E-state index in [-0.39, 0.29) is 11.9 Å². The van der Waals surface area contributed by atoms with Gasteiger partial charge in [0.25, 0.3) is 5.91 Å². The highest BCUT2D eigenvalue weighted by molar-refractivity contribution is 5.94. The number of hydrogen-bond donors (Lipinski definition) is 2. The highest BCUT2D eigenvalue weighted by Gasteiger charge is 2.21. The second kappa shape index (κ2) is 5.31. The number of carbonyl (C=O) groups excluding carboxylic acids is 1. The van der Waals surface area contributed by atoms with Crippen LogP contribution in [0, 0.1) is 5.92 Å². The Morgan fingerprint density at radius 2 is 2.16 bits per heavy atom. The predicted molar refractivity (Wildman–Crippen MR) is 72.8 cm³/mol. The molecule has 0 radical (unpaired) electrons. The summed E-state index contributed by atoms with van der Waals surface area (Å²) < 4.78 is 5.37. The summed E-state index contributed by atoms with van der Waals surface area (Å²) in [6.45, 7) is 5.41. The molecule has 0 aliphatic carbocycles. The number of benzene rings is 1. The second-order valence-electron chi connectivity index (χ2n) is 5.65. The first-order chi connectivity index (χ1) is 9.22. The topological polar surface area (TPSA) is 50.4 Å². The standard InChI is InChI=1S/C15H20N2O2/c1-10-4-14(7-16-6-10)17-15(18)11-2-3-12-8-19-9-13(12)5-11/h2-3,5,10,14,16H,4,6-9H2,1H3,(H,17,18). The number of carbonyl (C=O) groups is 1. The van der Waals surface area contributed by atoms with E-state index < -0.39 is 0 Å². The zero-order valence-electron chi connectivity index (χ0n) is 11.2. The summed E-state index contributed by atoms with van der Waals surface area (Å²) in [5.74, 6) is 0.642. The van der Waals surface area contributed by atoms with Crippen molar-refractivity contribution in [2.45, 2.75) is 32.6 Å². The number of amides is 1. The van der Waals surface area contributed by atoms with Crippen molar-refractivity contribution in [1.82, 2.24) is 10.6 Å². The maximum absolute atomic E-state index is 12.2. The molecule has 0 aromatic heterocycles. The molecule has 19 heavy (non-hydrogen) atoms. The van der Waals surface area contributed by atoms with Gasteiger partial charge >= 0.3 is 0 Å². The van der Waals surface area contributed by atoms with E-state index in [9.17, 15) is 4.79 Å². The van der Waals surface area contributed by atoms with E-state index in [1.54, 1.807) is 0 Å². The first kappa shape index (κ1) is 12.6. The van der Waals surface area contributed by atoms with E-state index >= 15 is 0 Å². The Balaban J connectivity index is 1.67. The molecule has 1 fully saturated rings. The van der Waals surface area contributed by atoms with Gasteiger partial charge in [0.1, 0.15) is 0 Å². The van der Waals surface area contributed by atoms with E-state index in [0.29, 0.717) is 19.1 Å². The normalized spacial score (nSPS) is 25.9. The zero-order valence-corrected chi connectivity index (χ0v) is 11.2. The largest absolute Gasteiger partial charge is 0.372 e. The maximum Gasteiger partial charge on any atom is 0.251 e. The number of nitrogens with one attached hydrogen (secondary N) is 2. The number of ether oxygens (including phenoxy) is 1. The van der Waals surface area contributed by atoms with Gasteiger partial charge in [0.2, 0.25) is 0 Å². The van der Waals surface area contributed by atoms with Crippen LogP contribution in [0.15, 0.2) is 18.2 Å². The Morgan fingerprint density at radius 3 is 3.00 bits per heavy atom. The van der Waals surface area contributed by atoms with Gasteiger partial charge in [-0.15, -0.1) is 0 Å². The molecule has 2 unspecified atom stereocenters. The zero-order chi connectivity index (χ0) is 13.2. The van der Waals surface area contributed by atoms with Gasteiger partial charge in [-0.1, -0.05) is 13.0 Å². The maximum atomic E-state index is 12.2. The van der Waals surface area contributed by atoms with Crippen molar-refractivity contribution >= 4 is 5.91 Å². The summed E-state index contributed by atoms with van der Waals surface area (Å²) >= 11 is 0. The third kappa shape index (κ3) is 2.80. The molecule has 2 N–H and O–H groups in total. The van der Waals surface area contributed by atoms with E-state index in [0.717, 1.165) is 30.6 Å². The van der Waals surface area contributed by atoms with Gasteiger partial charge in [-0.3, -0.25) is 4.79 Å². The molecule has 102 valence electrons. The van der Waals surface area contributed by atoms with Crippen LogP contribution in [0.1, 0.15) is 34.8 Å². The summed E-state index contributed by atoms with van der Waals surface area (Å²) in [4.78, 5) is 12.2. The number of piperidine rings is 1. The van der Waals surface area contributed by atoms with Crippen LogP contribution in [0.25, 0.3) is 0 Å². The van der Waals surface area contributed by atoms with Gasteiger partial charge in [-0.25, -0.2) is 0 Å². The van der Waals surface area contributed by atoms with Crippen LogP contribution in [0.4, 0.5) is 0 Å². The molecule has 2 heterocycles. The lowest BCUT2D eigenvalue weighted by atomic mass is 9.97. The molecule has 3 rings (SSSR count). The average Bonchev–Trinajstić information content (AvgIpc) is 2.85. The molecule has 0 saturated carbocycles. The fourth-order valence-corrected chi connectivity index (χ4v) is 2.85. The van der Waals surface area contributed by atoms with Crippen molar-refractivity contribution in [2.75, 3.05) is 13.1 Å². The Bertz CT molecular complexity index is 487. The molecule has 2 aliphatic heterocycles. The molecule has 1 aromatic carbocycles. The molecule has 1 aromatic rings. The molecule has 1 saturated heterocycles. The van der Waals surface area contributed by atoms with Crippen LogP contribution in [0.5, 0.6) is 0 Å². The minimum atomic E-state index is 0.0237. The molecule has 4 nitrogen and oxygen atoms in total. The molecule has 4 heteroatoms. The van der Waals surface area contributed by atoms with Crippen molar-refractivity contribution in [3.63, 3.8) is 0 Å². The second-order valence-corrected chi connectivity index (χ2v) is 5.65. The fourth-order valence-electron chi connectivity index (χ4n) is 2.85. The van der Waals surface area contributed by atoms with Crippen molar-refractivity contribution in [2.24, 2.45) is 5.92 Å². The lowest BCUT2D eigenvalue weighted by molar-refractivity contribution is 0.0925. The van der Waals surface area contributed by atoms with Crippen molar-refractivity contribution in [3.8, 4) is 0 Å². The Morgan fingerprint density at radius 1 is 1.32 bits per heavy atom. The Kier molecular flexibility index (Phi) is 3.53.